The Labute approximate surface area is 159 Å². The highest BCUT2D eigenvalue weighted by Crippen LogP contribution is 2.31. The molecule has 2 aromatic carbocycles. The molecule has 0 spiro atoms. The van der Waals surface area contributed by atoms with Crippen LogP contribution < -0.4 is 9.80 Å². The van der Waals surface area contributed by atoms with Gasteiger partial charge in [-0.2, -0.15) is 0 Å². The zero-order valence-electron chi connectivity index (χ0n) is 15.1. The first-order chi connectivity index (χ1) is 13.2. The number of benzene rings is 2. The summed E-state index contributed by atoms with van der Waals surface area (Å²) in [6, 6.07) is 8.20. The summed E-state index contributed by atoms with van der Waals surface area (Å²) >= 11 is 0. The second-order valence-electron chi connectivity index (χ2n) is 6.42. The van der Waals surface area contributed by atoms with E-state index in [1.165, 1.54) is 46.2 Å². The van der Waals surface area contributed by atoms with E-state index in [1.54, 1.807) is 13.8 Å². The van der Waals surface area contributed by atoms with Gasteiger partial charge in [0.15, 0.2) is 0 Å². The average molecular weight is 384 g/mol. The summed E-state index contributed by atoms with van der Waals surface area (Å²) in [6.07, 6.45) is 0. The predicted molar refractivity (Wildman–Crippen MR) is 100 cm³/mol. The Morgan fingerprint density at radius 2 is 1.11 bits per heavy atom. The highest BCUT2D eigenvalue weighted by Gasteiger charge is 2.34. The van der Waals surface area contributed by atoms with Gasteiger partial charge >= 0.3 is 0 Å². The quantitative estimate of drug-likeness (QED) is 0.589. The summed E-state index contributed by atoms with van der Waals surface area (Å²) in [7, 11) is 0. The lowest BCUT2D eigenvalue weighted by atomic mass is 10.1. The molecule has 0 aromatic heterocycles. The number of nitro benzene ring substituents is 2. The normalized spacial score (nSPS) is 14.4. The molecule has 0 radical (unpaired) electrons. The Kier molecular flexibility index (Phi) is 4.78. The van der Waals surface area contributed by atoms with Gasteiger partial charge in [0.1, 0.15) is 13.1 Å². The molecule has 0 bridgehead atoms. The molecule has 144 valence electrons. The molecule has 1 heterocycles. The van der Waals surface area contributed by atoms with Crippen LogP contribution in [0.3, 0.4) is 0 Å². The lowest BCUT2D eigenvalue weighted by molar-refractivity contribution is -0.385. The van der Waals surface area contributed by atoms with Crippen LogP contribution in [0.1, 0.15) is 11.1 Å². The third-order valence-electron chi connectivity index (χ3n) is 4.58. The van der Waals surface area contributed by atoms with E-state index in [-0.39, 0.29) is 24.5 Å². The highest BCUT2D eigenvalue weighted by molar-refractivity contribution is 6.12. The van der Waals surface area contributed by atoms with E-state index in [2.05, 4.69) is 0 Å². The van der Waals surface area contributed by atoms with Gasteiger partial charge in [-0.25, -0.2) is 0 Å². The molecule has 28 heavy (non-hydrogen) atoms. The van der Waals surface area contributed by atoms with E-state index in [1.807, 2.05) is 0 Å². The lowest BCUT2D eigenvalue weighted by Crippen LogP contribution is -2.54. The molecule has 10 nitrogen and oxygen atoms in total. The standard InChI is InChI=1S/C18H16N4O6/c1-11-3-5-13(21(25)26)7-15(11)19-9-18(24)20(10-17(19)23)16-8-14(22(27)28)6-4-12(16)2/h3-8H,9-10H2,1-2H3. The molecule has 1 fully saturated rings. The summed E-state index contributed by atoms with van der Waals surface area (Å²) < 4.78 is 0. The molecule has 1 aliphatic rings. The van der Waals surface area contributed by atoms with Gasteiger partial charge in [-0.3, -0.25) is 29.8 Å². The van der Waals surface area contributed by atoms with E-state index in [4.69, 9.17) is 0 Å². The minimum Gasteiger partial charge on any atom is -0.301 e. The van der Waals surface area contributed by atoms with Gasteiger partial charge in [-0.1, -0.05) is 12.1 Å². The molecule has 0 atom stereocenters. The van der Waals surface area contributed by atoms with E-state index in [0.717, 1.165) is 0 Å². The number of carbonyl (C=O) groups excluding carboxylic acids is 2. The van der Waals surface area contributed by atoms with Crippen molar-refractivity contribution in [2.75, 3.05) is 22.9 Å². The molecule has 0 unspecified atom stereocenters. The fourth-order valence-corrected chi connectivity index (χ4v) is 3.06. The number of hydrogen-bond donors (Lipinski definition) is 0. The number of nitrogens with zero attached hydrogens (tertiary/aromatic N) is 4. The number of hydrogen-bond acceptors (Lipinski definition) is 6. The first kappa shape index (κ1) is 19.0. The summed E-state index contributed by atoms with van der Waals surface area (Å²) in [5, 5.41) is 22.1. The van der Waals surface area contributed by atoms with Crippen molar-refractivity contribution in [2.45, 2.75) is 13.8 Å². The van der Waals surface area contributed by atoms with Crippen LogP contribution in [0.15, 0.2) is 36.4 Å². The van der Waals surface area contributed by atoms with E-state index in [0.29, 0.717) is 22.5 Å². The average Bonchev–Trinajstić information content (AvgIpc) is 2.64. The van der Waals surface area contributed by atoms with Gasteiger partial charge in [-0.15, -0.1) is 0 Å². The van der Waals surface area contributed by atoms with E-state index < -0.39 is 21.7 Å². The Morgan fingerprint density at radius 3 is 1.43 bits per heavy atom. The van der Waals surface area contributed by atoms with Crippen molar-refractivity contribution in [3.8, 4) is 0 Å². The summed E-state index contributed by atoms with van der Waals surface area (Å²) in [4.78, 5) is 48.7. The fourth-order valence-electron chi connectivity index (χ4n) is 3.06. The van der Waals surface area contributed by atoms with Crippen LogP contribution in [-0.4, -0.2) is 34.8 Å². The number of aryl methyl sites for hydroxylation is 2. The second-order valence-corrected chi connectivity index (χ2v) is 6.42. The van der Waals surface area contributed by atoms with Gasteiger partial charge in [0.25, 0.3) is 11.4 Å². The molecule has 3 rings (SSSR count). The molecule has 2 amide bonds. The zero-order valence-corrected chi connectivity index (χ0v) is 15.1. The fraction of sp³-hybridized carbons (Fsp3) is 0.222. The number of nitro groups is 2. The molecule has 1 aliphatic heterocycles. The number of non-ortho nitro benzene ring substituents is 2. The zero-order chi connectivity index (χ0) is 20.6. The third kappa shape index (κ3) is 3.39. The van der Waals surface area contributed by atoms with E-state index in [9.17, 15) is 29.8 Å². The maximum absolute atomic E-state index is 12.7. The highest BCUT2D eigenvalue weighted by atomic mass is 16.6. The Bertz CT molecular complexity index is 938. The van der Waals surface area contributed by atoms with Crippen molar-refractivity contribution in [3.05, 3.63) is 67.8 Å². The number of piperazine rings is 1. The number of amides is 2. The van der Waals surface area contributed by atoms with Crippen LogP contribution in [0.2, 0.25) is 0 Å². The topological polar surface area (TPSA) is 127 Å². The maximum Gasteiger partial charge on any atom is 0.271 e. The van der Waals surface area contributed by atoms with Crippen LogP contribution in [0.5, 0.6) is 0 Å². The van der Waals surface area contributed by atoms with Crippen LogP contribution in [0, 0.1) is 34.1 Å². The SMILES string of the molecule is Cc1ccc([N+](=O)[O-])cc1N1CC(=O)N(c2cc([N+](=O)[O-])ccc2C)CC1=O. The minimum atomic E-state index is -0.571. The van der Waals surface area contributed by atoms with Crippen molar-refractivity contribution in [3.63, 3.8) is 0 Å². The summed E-state index contributed by atoms with van der Waals surface area (Å²) in [5.74, 6) is -0.872. The van der Waals surface area contributed by atoms with Gasteiger partial charge in [0.05, 0.1) is 21.2 Å². The smallest absolute Gasteiger partial charge is 0.271 e. The summed E-state index contributed by atoms with van der Waals surface area (Å²) in [6.45, 7) is 2.74. The van der Waals surface area contributed by atoms with Crippen LogP contribution >= 0.6 is 0 Å². The molecule has 0 N–H and O–H groups in total. The van der Waals surface area contributed by atoms with Gasteiger partial charge in [-0.05, 0) is 25.0 Å². The van der Waals surface area contributed by atoms with Crippen molar-refractivity contribution in [1.82, 2.24) is 0 Å². The van der Waals surface area contributed by atoms with Gasteiger partial charge < -0.3 is 9.80 Å². The van der Waals surface area contributed by atoms with Crippen molar-refractivity contribution < 1.29 is 19.4 Å². The Morgan fingerprint density at radius 1 is 0.750 bits per heavy atom. The number of anilines is 2. The minimum absolute atomic E-state index is 0.183. The molecular weight excluding hydrogens is 368 g/mol. The van der Waals surface area contributed by atoms with E-state index >= 15 is 0 Å². The maximum atomic E-state index is 12.7. The van der Waals surface area contributed by atoms with Crippen LogP contribution in [0.25, 0.3) is 0 Å². The third-order valence-corrected chi connectivity index (χ3v) is 4.58. The Hall–Kier alpha value is -3.82. The van der Waals surface area contributed by atoms with Gasteiger partial charge in [0, 0.05) is 24.3 Å². The lowest BCUT2D eigenvalue weighted by Gasteiger charge is -2.35. The number of rotatable bonds is 4. The van der Waals surface area contributed by atoms with Crippen LogP contribution in [-0.2, 0) is 9.59 Å². The molecule has 0 saturated carbocycles. The Balaban J connectivity index is 1.94. The largest absolute Gasteiger partial charge is 0.301 e. The predicted octanol–water partition coefficient (Wildman–Crippen LogP) is 2.50. The molecule has 0 aliphatic carbocycles. The van der Waals surface area contributed by atoms with Crippen LogP contribution in [0.4, 0.5) is 22.7 Å². The van der Waals surface area contributed by atoms with Gasteiger partial charge in [0.2, 0.25) is 11.8 Å². The van der Waals surface area contributed by atoms with Crippen molar-refractivity contribution in [2.24, 2.45) is 0 Å². The monoisotopic (exact) mass is 384 g/mol. The second kappa shape index (κ2) is 7.06. The molecule has 2 aromatic rings. The first-order valence-corrected chi connectivity index (χ1v) is 8.30. The molecular formula is C18H16N4O6. The van der Waals surface area contributed by atoms with Crippen molar-refractivity contribution in [1.29, 1.82) is 0 Å². The molecule has 10 heteroatoms. The summed E-state index contributed by atoms with van der Waals surface area (Å²) in [5.41, 5.74) is 1.46. The first-order valence-electron chi connectivity index (χ1n) is 8.30. The molecule has 1 saturated heterocycles. The number of carbonyl (C=O) groups is 2. The van der Waals surface area contributed by atoms with Crippen molar-refractivity contribution >= 4 is 34.6 Å².